The molecule has 1 heterocycles. The maximum absolute atomic E-state index is 7.42. The predicted molar refractivity (Wildman–Crippen MR) is 65.4 cm³/mol. The molecule has 1 aromatic rings. The number of hydrogen-bond acceptors (Lipinski definition) is 3. The van der Waals surface area contributed by atoms with Crippen molar-refractivity contribution < 1.29 is 0 Å². The SMILES string of the molecule is CC(C)CCSc1ncccc1C(=N)N. The highest BCUT2D eigenvalue weighted by Crippen LogP contribution is 2.21. The molecule has 82 valence electrons. The van der Waals surface area contributed by atoms with Gasteiger partial charge >= 0.3 is 0 Å². The standard InChI is InChI=1S/C11H17N3S/c1-8(2)5-7-15-11-9(10(12)13)4-3-6-14-11/h3-4,6,8H,5,7H2,1-2H3,(H3,12,13). The summed E-state index contributed by atoms with van der Waals surface area (Å²) in [5.74, 6) is 1.81. The molecule has 0 atom stereocenters. The Morgan fingerprint density at radius 2 is 2.33 bits per heavy atom. The molecule has 0 unspecified atom stereocenters. The van der Waals surface area contributed by atoms with Gasteiger partial charge in [0.05, 0.1) is 0 Å². The smallest absolute Gasteiger partial charge is 0.125 e. The van der Waals surface area contributed by atoms with Gasteiger partial charge in [-0.05, 0) is 30.2 Å². The lowest BCUT2D eigenvalue weighted by Crippen LogP contribution is -2.13. The lowest BCUT2D eigenvalue weighted by atomic mass is 10.2. The number of hydrogen-bond donors (Lipinski definition) is 2. The van der Waals surface area contributed by atoms with Crippen LogP contribution in [-0.2, 0) is 0 Å². The van der Waals surface area contributed by atoms with E-state index in [-0.39, 0.29) is 5.84 Å². The first kappa shape index (κ1) is 12.0. The Labute approximate surface area is 95.0 Å². The van der Waals surface area contributed by atoms with Crippen molar-refractivity contribution in [2.45, 2.75) is 25.3 Å². The molecule has 0 aliphatic heterocycles. The van der Waals surface area contributed by atoms with Crippen LogP contribution in [0, 0.1) is 11.3 Å². The number of pyridine rings is 1. The third-order valence-corrected chi connectivity index (χ3v) is 3.03. The van der Waals surface area contributed by atoms with Crippen LogP contribution in [-0.4, -0.2) is 16.6 Å². The van der Waals surface area contributed by atoms with Crippen molar-refractivity contribution in [2.75, 3.05) is 5.75 Å². The molecular formula is C11H17N3S. The fourth-order valence-corrected chi connectivity index (χ4v) is 2.35. The zero-order valence-electron chi connectivity index (χ0n) is 9.16. The van der Waals surface area contributed by atoms with E-state index in [4.69, 9.17) is 11.1 Å². The predicted octanol–water partition coefficient (Wildman–Crippen LogP) is 2.50. The fourth-order valence-electron chi connectivity index (χ4n) is 1.10. The Balaban J connectivity index is 2.63. The van der Waals surface area contributed by atoms with Gasteiger partial charge in [-0.1, -0.05) is 13.8 Å². The minimum absolute atomic E-state index is 0.0927. The van der Waals surface area contributed by atoms with Gasteiger partial charge in [-0.15, -0.1) is 11.8 Å². The molecule has 3 N–H and O–H groups in total. The van der Waals surface area contributed by atoms with E-state index in [0.717, 1.165) is 22.8 Å². The third-order valence-electron chi connectivity index (χ3n) is 2.00. The second kappa shape index (κ2) is 5.75. The van der Waals surface area contributed by atoms with E-state index in [9.17, 15) is 0 Å². The van der Waals surface area contributed by atoms with Crippen LogP contribution in [0.5, 0.6) is 0 Å². The summed E-state index contributed by atoms with van der Waals surface area (Å²) in [6.07, 6.45) is 2.89. The van der Waals surface area contributed by atoms with Crippen molar-refractivity contribution in [3.05, 3.63) is 23.9 Å². The molecule has 0 amide bonds. The van der Waals surface area contributed by atoms with Crippen LogP contribution >= 0.6 is 11.8 Å². The summed E-state index contributed by atoms with van der Waals surface area (Å²) in [6.45, 7) is 4.40. The van der Waals surface area contributed by atoms with E-state index >= 15 is 0 Å². The van der Waals surface area contributed by atoms with Gasteiger partial charge < -0.3 is 5.73 Å². The fraction of sp³-hybridized carbons (Fsp3) is 0.455. The van der Waals surface area contributed by atoms with Gasteiger partial charge in [0.25, 0.3) is 0 Å². The Bertz CT molecular complexity index is 336. The van der Waals surface area contributed by atoms with Crippen molar-refractivity contribution in [1.82, 2.24) is 4.98 Å². The first-order chi connectivity index (χ1) is 7.11. The van der Waals surface area contributed by atoms with Gasteiger partial charge in [0.15, 0.2) is 0 Å². The molecule has 0 aromatic carbocycles. The summed E-state index contributed by atoms with van der Waals surface area (Å²) < 4.78 is 0. The molecule has 0 aliphatic carbocycles. The molecule has 0 saturated carbocycles. The number of nitrogens with zero attached hydrogens (tertiary/aromatic N) is 1. The zero-order valence-corrected chi connectivity index (χ0v) is 9.97. The lowest BCUT2D eigenvalue weighted by Gasteiger charge is -2.07. The van der Waals surface area contributed by atoms with Crippen LogP contribution in [0.4, 0.5) is 0 Å². The van der Waals surface area contributed by atoms with Crippen LogP contribution in [0.3, 0.4) is 0 Å². The summed E-state index contributed by atoms with van der Waals surface area (Å²) in [7, 11) is 0. The van der Waals surface area contributed by atoms with Crippen LogP contribution < -0.4 is 5.73 Å². The second-order valence-corrected chi connectivity index (χ2v) is 4.88. The minimum Gasteiger partial charge on any atom is -0.384 e. The summed E-state index contributed by atoms with van der Waals surface area (Å²) in [5.41, 5.74) is 6.22. The number of aromatic nitrogens is 1. The quantitative estimate of drug-likeness (QED) is 0.458. The van der Waals surface area contributed by atoms with E-state index in [0.29, 0.717) is 5.92 Å². The number of rotatable bonds is 5. The van der Waals surface area contributed by atoms with Gasteiger partial charge in [0.1, 0.15) is 10.9 Å². The van der Waals surface area contributed by atoms with Crippen molar-refractivity contribution in [1.29, 1.82) is 5.41 Å². The Morgan fingerprint density at radius 1 is 1.60 bits per heavy atom. The largest absolute Gasteiger partial charge is 0.384 e. The van der Waals surface area contributed by atoms with E-state index < -0.39 is 0 Å². The van der Waals surface area contributed by atoms with E-state index in [1.807, 2.05) is 12.1 Å². The number of amidine groups is 1. The molecule has 15 heavy (non-hydrogen) atoms. The van der Waals surface area contributed by atoms with Crippen molar-refractivity contribution in [3.8, 4) is 0 Å². The van der Waals surface area contributed by atoms with Gasteiger partial charge in [0.2, 0.25) is 0 Å². The monoisotopic (exact) mass is 223 g/mol. The summed E-state index contributed by atoms with van der Waals surface area (Å²) in [4.78, 5) is 4.24. The highest BCUT2D eigenvalue weighted by molar-refractivity contribution is 7.99. The Morgan fingerprint density at radius 3 is 2.93 bits per heavy atom. The van der Waals surface area contributed by atoms with E-state index in [2.05, 4.69) is 18.8 Å². The lowest BCUT2D eigenvalue weighted by molar-refractivity contribution is 0.632. The van der Waals surface area contributed by atoms with Gasteiger partial charge in [-0.2, -0.15) is 0 Å². The molecule has 0 bridgehead atoms. The molecule has 3 nitrogen and oxygen atoms in total. The highest BCUT2D eigenvalue weighted by Gasteiger charge is 2.06. The average molecular weight is 223 g/mol. The van der Waals surface area contributed by atoms with Crippen LogP contribution in [0.1, 0.15) is 25.8 Å². The topological polar surface area (TPSA) is 62.8 Å². The highest BCUT2D eigenvalue weighted by atomic mass is 32.2. The summed E-state index contributed by atoms with van der Waals surface area (Å²) in [6, 6.07) is 3.65. The Hall–Kier alpha value is -1.03. The van der Waals surface area contributed by atoms with Crippen molar-refractivity contribution in [3.63, 3.8) is 0 Å². The average Bonchev–Trinajstić information content (AvgIpc) is 2.17. The van der Waals surface area contributed by atoms with Gasteiger partial charge in [-0.25, -0.2) is 4.98 Å². The molecule has 0 radical (unpaired) electrons. The summed E-state index contributed by atoms with van der Waals surface area (Å²) in [5, 5.41) is 8.29. The molecule has 0 saturated heterocycles. The molecule has 0 fully saturated rings. The molecular weight excluding hydrogens is 206 g/mol. The maximum Gasteiger partial charge on any atom is 0.125 e. The van der Waals surface area contributed by atoms with Crippen LogP contribution in [0.25, 0.3) is 0 Å². The number of nitrogen functional groups attached to an aromatic ring is 1. The molecule has 0 spiro atoms. The van der Waals surface area contributed by atoms with E-state index in [1.165, 1.54) is 0 Å². The van der Waals surface area contributed by atoms with Crippen LogP contribution in [0.15, 0.2) is 23.4 Å². The van der Waals surface area contributed by atoms with Crippen LogP contribution in [0.2, 0.25) is 0 Å². The zero-order chi connectivity index (χ0) is 11.3. The van der Waals surface area contributed by atoms with Gasteiger partial charge in [0, 0.05) is 11.8 Å². The van der Waals surface area contributed by atoms with Crippen molar-refractivity contribution in [2.24, 2.45) is 11.7 Å². The van der Waals surface area contributed by atoms with E-state index in [1.54, 1.807) is 18.0 Å². The first-order valence-corrected chi connectivity index (χ1v) is 6.02. The molecule has 0 aliphatic rings. The number of nitrogens with one attached hydrogen (secondary N) is 1. The summed E-state index contributed by atoms with van der Waals surface area (Å²) >= 11 is 1.67. The number of nitrogens with two attached hydrogens (primary N) is 1. The first-order valence-electron chi connectivity index (χ1n) is 5.03. The Kier molecular flexibility index (Phi) is 4.62. The number of thioether (sulfide) groups is 1. The molecule has 1 rings (SSSR count). The van der Waals surface area contributed by atoms with Gasteiger partial charge in [-0.3, -0.25) is 5.41 Å². The maximum atomic E-state index is 7.42. The van der Waals surface area contributed by atoms with Crippen molar-refractivity contribution >= 4 is 17.6 Å². The normalized spacial score (nSPS) is 10.6. The minimum atomic E-state index is 0.0927. The molecule has 4 heteroatoms. The molecule has 1 aromatic heterocycles. The second-order valence-electron chi connectivity index (χ2n) is 3.80. The third kappa shape index (κ3) is 3.91.